The van der Waals surface area contributed by atoms with Crippen LogP contribution >= 0.6 is 11.6 Å². The molecular weight excluding hydrogens is 314 g/mol. The van der Waals surface area contributed by atoms with Crippen molar-refractivity contribution in [3.05, 3.63) is 28.8 Å². The second kappa shape index (κ2) is 7.32. The molecule has 0 radical (unpaired) electrons. The lowest BCUT2D eigenvalue weighted by Gasteiger charge is -2.31. The van der Waals surface area contributed by atoms with Gasteiger partial charge in [0.1, 0.15) is 0 Å². The number of benzene rings is 1. The predicted octanol–water partition coefficient (Wildman–Crippen LogP) is 2.61. The van der Waals surface area contributed by atoms with E-state index in [2.05, 4.69) is 10.6 Å². The van der Waals surface area contributed by atoms with Crippen LogP contribution in [0.15, 0.2) is 18.2 Å². The molecule has 23 heavy (non-hydrogen) atoms. The van der Waals surface area contributed by atoms with E-state index in [0.717, 1.165) is 13.1 Å². The Balaban J connectivity index is 2.14. The number of halogens is 1. The van der Waals surface area contributed by atoms with Crippen LogP contribution in [-0.2, 0) is 4.79 Å². The molecule has 5 nitrogen and oxygen atoms in total. The first-order chi connectivity index (χ1) is 10.8. The summed E-state index contributed by atoms with van der Waals surface area (Å²) < 4.78 is 0. The van der Waals surface area contributed by atoms with Gasteiger partial charge in [0, 0.05) is 24.6 Å². The van der Waals surface area contributed by atoms with Gasteiger partial charge in [-0.05, 0) is 51.1 Å². The zero-order valence-electron chi connectivity index (χ0n) is 14.0. The van der Waals surface area contributed by atoms with Crippen LogP contribution in [0, 0.1) is 11.8 Å². The number of hydrogen-bond donors (Lipinski definition) is 2. The number of hydrogen-bond acceptors (Lipinski definition) is 3. The molecule has 1 saturated heterocycles. The van der Waals surface area contributed by atoms with E-state index in [1.807, 2.05) is 20.8 Å². The Labute approximate surface area is 142 Å². The first kappa shape index (κ1) is 17.8. The number of nitrogens with one attached hydrogen (secondary N) is 2. The van der Waals surface area contributed by atoms with E-state index < -0.39 is 0 Å². The normalized spacial score (nSPS) is 15.9. The van der Waals surface area contributed by atoms with Crippen molar-refractivity contribution in [3.63, 3.8) is 0 Å². The van der Waals surface area contributed by atoms with Gasteiger partial charge in [0.25, 0.3) is 5.91 Å². The zero-order chi connectivity index (χ0) is 17.1. The molecule has 1 aromatic carbocycles. The van der Waals surface area contributed by atoms with Gasteiger partial charge in [-0.15, -0.1) is 0 Å². The quantitative estimate of drug-likeness (QED) is 0.868. The lowest BCUT2D eigenvalue weighted by Crippen LogP contribution is -2.48. The van der Waals surface area contributed by atoms with E-state index in [4.69, 9.17) is 11.6 Å². The van der Waals surface area contributed by atoms with E-state index in [9.17, 15) is 9.59 Å². The minimum Gasteiger partial charge on any atom is -0.339 e. The lowest BCUT2D eigenvalue weighted by atomic mass is 9.88. The maximum atomic E-state index is 12.4. The molecule has 1 heterocycles. The smallest absolute Gasteiger partial charge is 0.253 e. The number of amides is 2. The summed E-state index contributed by atoms with van der Waals surface area (Å²) in [6.07, 6.45) is 0. The molecule has 0 aromatic heterocycles. The Morgan fingerprint density at radius 1 is 1.30 bits per heavy atom. The van der Waals surface area contributed by atoms with Crippen molar-refractivity contribution in [2.45, 2.75) is 26.8 Å². The van der Waals surface area contributed by atoms with Crippen molar-refractivity contribution in [1.29, 1.82) is 0 Å². The Morgan fingerprint density at radius 3 is 2.48 bits per heavy atom. The van der Waals surface area contributed by atoms with Crippen molar-refractivity contribution in [2.24, 2.45) is 11.8 Å². The molecule has 126 valence electrons. The van der Waals surface area contributed by atoms with E-state index >= 15 is 0 Å². The molecule has 0 spiro atoms. The Morgan fingerprint density at radius 2 is 1.96 bits per heavy atom. The molecule has 1 unspecified atom stereocenters. The fraction of sp³-hybridized carbons (Fsp3) is 0.529. The van der Waals surface area contributed by atoms with E-state index in [0.29, 0.717) is 22.2 Å². The van der Waals surface area contributed by atoms with E-state index in [1.165, 1.54) is 0 Å². The van der Waals surface area contributed by atoms with Gasteiger partial charge < -0.3 is 15.5 Å². The minimum absolute atomic E-state index is 0.0692. The van der Waals surface area contributed by atoms with Crippen molar-refractivity contribution in [1.82, 2.24) is 10.2 Å². The third-order valence-corrected chi connectivity index (χ3v) is 4.83. The Kier molecular flexibility index (Phi) is 5.65. The van der Waals surface area contributed by atoms with Gasteiger partial charge in [0.2, 0.25) is 5.91 Å². The molecule has 1 aromatic rings. The van der Waals surface area contributed by atoms with Crippen molar-refractivity contribution in [3.8, 4) is 0 Å². The van der Waals surface area contributed by atoms with Crippen LogP contribution < -0.4 is 10.6 Å². The Hall–Kier alpha value is -1.59. The van der Waals surface area contributed by atoms with Gasteiger partial charge in [0.15, 0.2) is 0 Å². The standard InChI is InChI=1S/C17H24ClN3O2/c1-10(2)21(4)17(23)12-5-6-14(18)15(7-12)20-16(22)11(3)13-8-19-9-13/h5-7,10-11,13,19H,8-9H2,1-4H3,(H,20,22). The maximum Gasteiger partial charge on any atom is 0.253 e. The number of carbonyl (C=O) groups excluding carboxylic acids is 2. The molecule has 1 atom stereocenters. The summed E-state index contributed by atoms with van der Waals surface area (Å²) in [6, 6.07) is 5.07. The maximum absolute atomic E-state index is 12.4. The van der Waals surface area contributed by atoms with Crippen molar-refractivity contribution < 1.29 is 9.59 Å². The third-order valence-electron chi connectivity index (χ3n) is 4.50. The summed E-state index contributed by atoms with van der Waals surface area (Å²) in [5.41, 5.74) is 0.998. The second-order valence-corrected chi connectivity index (χ2v) is 6.81. The highest BCUT2D eigenvalue weighted by Gasteiger charge is 2.29. The molecule has 0 bridgehead atoms. The first-order valence-electron chi connectivity index (χ1n) is 7.89. The fourth-order valence-electron chi connectivity index (χ4n) is 2.32. The lowest BCUT2D eigenvalue weighted by molar-refractivity contribution is -0.121. The summed E-state index contributed by atoms with van der Waals surface area (Å²) in [7, 11) is 1.76. The van der Waals surface area contributed by atoms with Crippen LogP contribution in [0.5, 0.6) is 0 Å². The molecule has 2 amide bonds. The highest BCUT2D eigenvalue weighted by atomic mass is 35.5. The highest BCUT2D eigenvalue weighted by molar-refractivity contribution is 6.33. The van der Waals surface area contributed by atoms with Gasteiger partial charge in [0.05, 0.1) is 10.7 Å². The second-order valence-electron chi connectivity index (χ2n) is 6.40. The van der Waals surface area contributed by atoms with Gasteiger partial charge in [-0.3, -0.25) is 9.59 Å². The third kappa shape index (κ3) is 4.03. The van der Waals surface area contributed by atoms with Crippen LogP contribution in [0.25, 0.3) is 0 Å². The van der Waals surface area contributed by atoms with Crippen LogP contribution in [-0.4, -0.2) is 42.9 Å². The fourth-order valence-corrected chi connectivity index (χ4v) is 2.48. The summed E-state index contributed by atoms with van der Waals surface area (Å²) in [5, 5.41) is 6.45. The van der Waals surface area contributed by atoms with Crippen LogP contribution in [0.2, 0.25) is 5.02 Å². The molecule has 0 saturated carbocycles. The summed E-state index contributed by atoms with van der Waals surface area (Å²) in [6.45, 7) is 7.53. The van der Waals surface area contributed by atoms with E-state index in [-0.39, 0.29) is 23.8 Å². The van der Waals surface area contributed by atoms with Crippen molar-refractivity contribution in [2.75, 3.05) is 25.5 Å². The summed E-state index contributed by atoms with van der Waals surface area (Å²) in [4.78, 5) is 26.4. The average Bonchev–Trinajstić information content (AvgIpc) is 2.45. The average molecular weight is 338 g/mol. The number of carbonyl (C=O) groups is 2. The summed E-state index contributed by atoms with van der Waals surface area (Å²) in [5.74, 6) is 0.0966. The molecular formula is C17H24ClN3O2. The molecule has 1 fully saturated rings. The number of rotatable bonds is 5. The van der Waals surface area contributed by atoms with Gasteiger partial charge >= 0.3 is 0 Å². The monoisotopic (exact) mass is 337 g/mol. The van der Waals surface area contributed by atoms with Gasteiger partial charge in [-0.25, -0.2) is 0 Å². The molecule has 1 aliphatic heterocycles. The predicted molar refractivity (Wildman–Crippen MR) is 92.8 cm³/mol. The van der Waals surface area contributed by atoms with Crippen LogP contribution in [0.1, 0.15) is 31.1 Å². The zero-order valence-corrected chi connectivity index (χ0v) is 14.8. The van der Waals surface area contributed by atoms with Gasteiger partial charge in [-0.2, -0.15) is 0 Å². The molecule has 0 aliphatic carbocycles. The highest BCUT2D eigenvalue weighted by Crippen LogP contribution is 2.26. The van der Waals surface area contributed by atoms with Gasteiger partial charge in [-0.1, -0.05) is 18.5 Å². The minimum atomic E-state index is -0.0941. The SMILES string of the molecule is CC(C(=O)Nc1cc(C(=O)N(C)C(C)C)ccc1Cl)C1CNC1. The molecule has 6 heteroatoms. The Bertz CT molecular complexity index is 600. The number of nitrogens with zero attached hydrogens (tertiary/aromatic N) is 1. The first-order valence-corrected chi connectivity index (χ1v) is 8.27. The largest absolute Gasteiger partial charge is 0.339 e. The molecule has 2 N–H and O–H groups in total. The van der Waals surface area contributed by atoms with Crippen LogP contribution in [0.4, 0.5) is 5.69 Å². The van der Waals surface area contributed by atoms with E-state index in [1.54, 1.807) is 30.1 Å². The number of anilines is 1. The molecule has 2 rings (SSSR count). The summed E-state index contributed by atoms with van der Waals surface area (Å²) >= 11 is 6.17. The van der Waals surface area contributed by atoms with Crippen molar-refractivity contribution >= 4 is 29.1 Å². The topological polar surface area (TPSA) is 61.4 Å². The van der Waals surface area contributed by atoms with Crippen LogP contribution in [0.3, 0.4) is 0 Å². The molecule has 1 aliphatic rings.